The van der Waals surface area contributed by atoms with Gasteiger partial charge >= 0.3 is 0 Å². The Labute approximate surface area is 179 Å². The van der Waals surface area contributed by atoms with Crippen molar-refractivity contribution in [1.29, 1.82) is 0 Å². The molecule has 1 heterocycles. The van der Waals surface area contributed by atoms with Gasteiger partial charge in [-0.2, -0.15) is 10.2 Å². The number of phenolic OH excluding ortho intramolecular Hbond substituents is 1. The van der Waals surface area contributed by atoms with E-state index >= 15 is 0 Å². The molecule has 1 aliphatic rings. The number of hydrazone groups is 1. The molecule has 1 aromatic heterocycles. The summed E-state index contributed by atoms with van der Waals surface area (Å²) in [4.78, 5) is 12.6. The molecule has 6 nitrogen and oxygen atoms in total. The Bertz CT molecular complexity index is 1310. The van der Waals surface area contributed by atoms with Gasteiger partial charge in [-0.15, -0.1) is 0 Å². The summed E-state index contributed by atoms with van der Waals surface area (Å²) in [6, 6.07) is 19.1. The molecule has 0 saturated carbocycles. The molecule has 154 valence electrons. The highest BCUT2D eigenvalue weighted by Gasteiger charge is 2.18. The molecule has 31 heavy (non-hydrogen) atoms. The number of aromatic nitrogens is 2. The average Bonchev–Trinajstić information content (AvgIpc) is 3.44. The van der Waals surface area contributed by atoms with Crippen molar-refractivity contribution >= 4 is 22.4 Å². The lowest BCUT2D eigenvalue weighted by atomic mass is 9.98. The Kier molecular flexibility index (Phi) is 4.75. The zero-order valence-corrected chi connectivity index (χ0v) is 17.1. The first kappa shape index (κ1) is 19.1. The maximum Gasteiger partial charge on any atom is 0.289 e. The van der Waals surface area contributed by atoms with Gasteiger partial charge in [0.05, 0.1) is 11.4 Å². The monoisotopic (exact) mass is 410 g/mol. The van der Waals surface area contributed by atoms with Crippen LogP contribution in [0.15, 0.2) is 65.8 Å². The molecule has 3 aromatic carbocycles. The minimum absolute atomic E-state index is 0.191. The van der Waals surface area contributed by atoms with E-state index in [0.717, 1.165) is 35.4 Å². The lowest BCUT2D eigenvalue weighted by Crippen LogP contribution is -2.20. The summed E-state index contributed by atoms with van der Waals surface area (Å²) in [5, 5.41) is 23.4. The summed E-state index contributed by atoms with van der Waals surface area (Å²) >= 11 is 0. The first-order valence-electron chi connectivity index (χ1n) is 10.4. The number of amides is 1. The van der Waals surface area contributed by atoms with Gasteiger partial charge in [0.2, 0.25) is 0 Å². The molecule has 0 aliphatic heterocycles. The zero-order chi connectivity index (χ0) is 21.4. The van der Waals surface area contributed by atoms with E-state index in [1.54, 1.807) is 30.3 Å². The molecule has 0 saturated heterocycles. The summed E-state index contributed by atoms with van der Waals surface area (Å²) < 4.78 is 0. The van der Waals surface area contributed by atoms with Crippen LogP contribution in [0, 0.1) is 0 Å². The zero-order valence-electron chi connectivity index (χ0n) is 17.1. The second kappa shape index (κ2) is 7.72. The molecule has 0 radical (unpaired) electrons. The van der Waals surface area contributed by atoms with Gasteiger partial charge in [-0.1, -0.05) is 37.3 Å². The molecule has 1 amide bonds. The van der Waals surface area contributed by atoms with Crippen LogP contribution >= 0.6 is 0 Å². The number of nitrogens with one attached hydrogen (secondary N) is 2. The van der Waals surface area contributed by atoms with Crippen LogP contribution in [-0.2, 0) is 12.8 Å². The summed E-state index contributed by atoms with van der Waals surface area (Å²) in [6.45, 7) is 1.96. The highest BCUT2D eigenvalue weighted by atomic mass is 16.3. The van der Waals surface area contributed by atoms with E-state index in [0.29, 0.717) is 12.1 Å². The number of benzene rings is 3. The molecule has 4 aromatic rings. The normalized spacial score (nSPS) is 13.0. The maximum atomic E-state index is 12.6. The van der Waals surface area contributed by atoms with E-state index in [1.807, 2.05) is 6.92 Å². The van der Waals surface area contributed by atoms with E-state index in [-0.39, 0.29) is 11.7 Å². The number of hydrogen-bond acceptors (Lipinski definition) is 4. The van der Waals surface area contributed by atoms with E-state index in [1.165, 1.54) is 21.9 Å². The van der Waals surface area contributed by atoms with Crippen molar-refractivity contribution in [2.75, 3.05) is 0 Å². The molecule has 0 unspecified atom stereocenters. The van der Waals surface area contributed by atoms with Crippen molar-refractivity contribution in [3.8, 4) is 17.0 Å². The van der Waals surface area contributed by atoms with Gasteiger partial charge in [0.15, 0.2) is 0 Å². The molecule has 0 spiro atoms. The number of rotatable bonds is 5. The third-order valence-electron chi connectivity index (χ3n) is 5.80. The molecular formula is C25H22N4O2. The van der Waals surface area contributed by atoms with Crippen LogP contribution in [0.5, 0.6) is 5.75 Å². The second-order valence-electron chi connectivity index (χ2n) is 7.68. The number of hydrogen-bond donors (Lipinski definition) is 3. The van der Waals surface area contributed by atoms with Crippen molar-refractivity contribution < 1.29 is 9.90 Å². The van der Waals surface area contributed by atoms with E-state index in [9.17, 15) is 9.90 Å². The predicted octanol–water partition coefficient (Wildman–Crippen LogP) is 4.58. The number of aromatic amines is 1. The molecule has 0 atom stereocenters. The largest absolute Gasteiger partial charge is 0.508 e. The smallest absolute Gasteiger partial charge is 0.289 e. The minimum Gasteiger partial charge on any atom is -0.508 e. The third kappa shape index (κ3) is 3.46. The third-order valence-corrected chi connectivity index (χ3v) is 5.80. The number of carbonyl (C=O) groups is 1. The quantitative estimate of drug-likeness (QED) is 0.332. The lowest BCUT2D eigenvalue weighted by Gasteiger charge is -2.06. The number of H-pyrrole nitrogens is 1. The fraction of sp³-hybridized carbons (Fsp3) is 0.160. The van der Waals surface area contributed by atoms with Gasteiger partial charge < -0.3 is 5.11 Å². The van der Waals surface area contributed by atoms with Gasteiger partial charge in [-0.3, -0.25) is 9.89 Å². The topological polar surface area (TPSA) is 90.4 Å². The standard InChI is InChI=1S/C25H22N4O2/c1-2-21(15-8-11-18(30)12-9-15)26-29-25(31)23-14-22(27-28-23)19-13-10-17-7-6-16-4-3-5-20(19)24(16)17/h3-5,8-14,30H,2,6-7H2,1H3,(H,27,28)(H,29,31). The van der Waals surface area contributed by atoms with Crippen LogP contribution in [0.25, 0.3) is 22.0 Å². The van der Waals surface area contributed by atoms with Crippen LogP contribution in [-0.4, -0.2) is 26.9 Å². The summed E-state index contributed by atoms with van der Waals surface area (Å²) in [5.41, 5.74) is 9.02. The van der Waals surface area contributed by atoms with Crippen molar-refractivity contribution in [1.82, 2.24) is 15.6 Å². The number of aromatic hydroxyl groups is 1. The average molecular weight is 410 g/mol. The van der Waals surface area contributed by atoms with Gasteiger partial charge in [-0.25, -0.2) is 5.43 Å². The van der Waals surface area contributed by atoms with Crippen LogP contribution < -0.4 is 5.43 Å². The van der Waals surface area contributed by atoms with Crippen LogP contribution in [0.4, 0.5) is 0 Å². The molecular weight excluding hydrogens is 388 g/mol. The summed E-state index contributed by atoms with van der Waals surface area (Å²) in [5.74, 6) is -0.161. The van der Waals surface area contributed by atoms with Gasteiger partial charge in [0, 0.05) is 5.56 Å². The van der Waals surface area contributed by atoms with Crippen LogP contribution in [0.3, 0.4) is 0 Å². The van der Waals surface area contributed by atoms with Crippen molar-refractivity contribution in [3.63, 3.8) is 0 Å². The molecule has 0 bridgehead atoms. The second-order valence-corrected chi connectivity index (χ2v) is 7.68. The fourth-order valence-corrected chi connectivity index (χ4v) is 4.23. The fourth-order valence-electron chi connectivity index (χ4n) is 4.23. The van der Waals surface area contributed by atoms with Crippen LogP contribution in [0.1, 0.15) is 40.5 Å². The highest BCUT2D eigenvalue weighted by molar-refractivity contribution is 6.03. The Morgan fingerprint density at radius 1 is 1.10 bits per heavy atom. The first-order valence-corrected chi connectivity index (χ1v) is 10.4. The SMILES string of the molecule is CCC(=NNC(=O)c1cc(-c2ccc3c4c(cccc24)CC3)n[nH]1)c1ccc(O)cc1. The summed E-state index contributed by atoms with van der Waals surface area (Å²) in [6.07, 6.45) is 2.78. The number of phenols is 1. The molecule has 0 fully saturated rings. The first-order chi connectivity index (χ1) is 15.1. The molecule has 6 heteroatoms. The Morgan fingerprint density at radius 3 is 2.65 bits per heavy atom. The summed E-state index contributed by atoms with van der Waals surface area (Å²) in [7, 11) is 0. The van der Waals surface area contributed by atoms with Gasteiger partial charge in [-0.05, 0) is 77.1 Å². The van der Waals surface area contributed by atoms with Crippen molar-refractivity contribution in [2.24, 2.45) is 5.10 Å². The Balaban J connectivity index is 1.40. The van der Waals surface area contributed by atoms with Gasteiger partial charge in [0.1, 0.15) is 11.4 Å². The van der Waals surface area contributed by atoms with Gasteiger partial charge in [0.25, 0.3) is 5.91 Å². The molecule has 3 N–H and O–H groups in total. The highest BCUT2D eigenvalue weighted by Crippen LogP contribution is 2.36. The van der Waals surface area contributed by atoms with Crippen LogP contribution in [0.2, 0.25) is 0 Å². The van der Waals surface area contributed by atoms with Crippen molar-refractivity contribution in [3.05, 3.63) is 83.0 Å². The maximum absolute atomic E-state index is 12.6. The number of nitrogens with zero attached hydrogens (tertiary/aromatic N) is 2. The van der Waals surface area contributed by atoms with E-state index in [2.05, 4.69) is 51.1 Å². The minimum atomic E-state index is -0.352. The van der Waals surface area contributed by atoms with E-state index in [4.69, 9.17) is 0 Å². The Morgan fingerprint density at radius 2 is 1.87 bits per heavy atom. The lowest BCUT2D eigenvalue weighted by molar-refractivity contribution is 0.0950. The number of carbonyl (C=O) groups excluding carboxylic acids is 1. The molecule has 1 aliphatic carbocycles. The Hall–Kier alpha value is -3.93. The van der Waals surface area contributed by atoms with E-state index < -0.39 is 0 Å². The number of aryl methyl sites for hydroxylation is 2. The predicted molar refractivity (Wildman–Crippen MR) is 121 cm³/mol. The molecule has 5 rings (SSSR count). The van der Waals surface area contributed by atoms with Crippen molar-refractivity contribution in [2.45, 2.75) is 26.2 Å².